The Balaban J connectivity index is 1.09. The number of aromatic nitrogens is 2. The summed E-state index contributed by atoms with van der Waals surface area (Å²) in [5.41, 5.74) is 1.28. The molecular formula is C40H45F3N6O6. The number of para-hydroxylation sites is 1. The first-order chi connectivity index (χ1) is 26.3. The number of furan rings is 1. The number of piperazine rings is 1. The molecule has 0 radical (unpaired) electrons. The normalized spacial score (nSPS) is 22.3. The summed E-state index contributed by atoms with van der Waals surface area (Å²) in [4.78, 5) is 42.1. The molecule has 4 aromatic rings. The average molecular weight is 763 g/mol. The van der Waals surface area contributed by atoms with Gasteiger partial charge in [0.1, 0.15) is 48.3 Å². The molecule has 2 fully saturated rings. The smallest absolute Gasteiger partial charge is 0.405 e. The number of β-amino-alcohol motifs (C(OH)–C–C–N with tert-alkyl or cyclic N) is 1. The van der Waals surface area contributed by atoms with Crippen LogP contribution in [0.1, 0.15) is 43.3 Å². The molecule has 0 spiro atoms. The van der Waals surface area contributed by atoms with Gasteiger partial charge in [0.25, 0.3) is 0 Å². The van der Waals surface area contributed by atoms with E-state index in [0.29, 0.717) is 36.1 Å². The lowest BCUT2D eigenvalue weighted by Crippen LogP contribution is -2.60. The third-order valence-corrected chi connectivity index (χ3v) is 10.4. The number of carbonyl (C=O) groups is 2. The second-order valence-electron chi connectivity index (χ2n) is 14.8. The number of aliphatic hydroxyl groups excluding tert-OH is 1. The van der Waals surface area contributed by atoms with Crippen molar-refractivity contribution in [2.45, 2.75) is 69.4 Å². The van der Waals surface area contributed by atoms with Gasteiger partial charge in [0.05, 0.1) is 24.4 Å². The molecule has 5 heterocycles. The van der Waals surface area contributed by atoms with Crippen molar-refractivity contribution in [1.82, 2.24) is 30.0 Å². The van der Waals surface area contributed by atoms with Gasteiger partial charge >= 0.3 is 6.18 Å². The number of benzene rings is 2. The van der Waals surface area contributed by atoms with Gasteiger partial charge in [-0.15, -0.1) is 0 Å². The van der Waals surface area contributed by atoms with Crippen molar-refractivity contribution >= 4 is 11.8 Å². The van der Waals surface area contributed by atoms with Gasteiger partial charge in [-0.3, -0.25) is 29.4 Å². The zero-order chi connectivity index (χ0) is 38.7. The quantitative estimate of drug-likeness (QED) is 0.211. The summed E-state index contributed by atoms with van der Waals surface area (Å²) in [5, 5.41) is 13.7. The van der Waals surface area contributed by atoms with E-state index in [2.05, 4.69) is 9.97 Å². The van der Waals surface area contributed by atoms with Crippen molar-refractivity contribution in [3.63, 3.8) is 0 Å². The number of fused-ring (bicyclic) bond motifs is 3. The van der Waals surface area contributed by atoms with E-state index in [9.17, 15) is 27.9 Å². The van der Waals surface area contributed by atoms with Crippen LogP contribution in [0.25, 0.3) is 11.3 Å². The van der Waals surface area contributed by atoms with Gasteiger partial charge in [-0.2, -0.15) is 13.2 Å². The van der Waals surface area contributed by atoms with Crippen LogP contribution in [0.2, 0.25) is 0 Å². The number of nitrogens with zero attached hydrogens (tertiary/aromatic N) is 5. The SMILES string of the molecule is CC1(C)O[C@@H]2COc3ccccc3[C@@H]2N1C(=O)[C@H](Cc1cnccn1)C[C@H](O)CN1CCN(Cc2ccc(-c3ccccc3)o2)C[C@H]1C(=O)NCC(F)(F)F. The lowest BCUT2D eigenvalue weighted by Gasteiger charge is -2.41. The Hall–Kier alpha value is -4.83. The highest BCUT2D eigenvalue weighted by Crippen LogP contribution is 2.48. The van der Waals surface area contributed by atoms with Gasteiger partial charge in [0.15, 0.2) is 0 Å². The number of nitrogens with one attached hydrogen (secondary N) is 1. The minimum Gasteiger partial charge on any atom is -0.490 e. The number of halogens is 3. The summed E-state index contributed by atoms with van der Waals surface area (Å²) < 4.78 is 58.0. The van der Waals surface area contributed by atoms with Crippen LogP contribution in [0.4, 0.5) is 13.2 Å². The van der Waals surface area contributed by atoms with Gasteiger partial charge in [-0.1, -0.05) is 48.5 Å². The summed E-state index contributed by atoms with van der Waals surface area (Å²) in [6.45, 7) is 3.58. The third-order valence-electron chi connectivity index (χ3n) is 10.4. The van der Waals surface area contributed by atoms with Crippen LogP contribution < -0.4 is 10.1 Å². The molecule has 3 aliphatic heterocycles. The third kappa shape index (κ3) is 9.01. The van der Waals surface area contributed by atoms with Crippen LogP contribution in [0.5, 0.6) is 5.75 Å². The molecule has 0 bridgehead atoms. The second-order valence-corrected chi connectivity index (χ2v) is 14.8. The summed E-state index contributed by atoms with van der Waals surface area (Å²) in [6, 6.07) is 19.4. The van der Waals surface area contributed by atoms with E-state index in [1.807, 2.05) is 90.8 Å². The number of aliphatic hydroxyl groups is 1. The van der Waals surface area contributed by atoms with Crippen LogP contribution in [0.15, 0.2) is 89.7 Å². The highest BCUT2D eigenvalue weighted by Gasteiger charge is 2.54. The Morgan fingerprint density at radius 1 is 1.04 bits per heavy atom. The molecule has 7 rings (SSSR count). The predicted molar refractivity (Wildman–Crippen MR) is 194 cm³/mol. The molecule has 12 nitrogen and oxygen atoms in total. The first-order valence-corrected chi connectivity index (χ1v) is 18.5. The Morgan fingerprint density at radius 2 is 1.82 bits per heavy atom. The summed E-state index contributed by atoms with van der Waals surface area (Å²) in [6.07, 6.45) is -1.32. The van der Waals surface area contributed by atoms with Crippen LogP contribution in [0.3, 0.4) is 0 Å². The van der Waals surface area contributed by atoms with Crippen LogP contribution >= 0.6 is 0 Å². The zero-order valence-corrected chi connectivity index (χ0v) is 30.7. The fourth-order valence-electron chi connectivity index (χ4n) is 7.95. The Morgan fingerprint density at radius 3 is 2.58 bits per heavy atom. The molecule has 0 saturated carbocycles. The Kier molecular flexibility index (Phi) is 11.3. The highest BCUT2D eigenvalue weighted by atomic mass is 19.4. The fraction of sp³-hybridized carbons (Fsp3) is 0.450. The van der Waals surface area contributed by atoms with Crippen molar-refractivity contribution in [2.75, 3.05) is 39.3 Å². The number of carbonyl (C=O) groups excluding carboxylic acids is 2. The Labute approximate surface area is 317 Å². The lowest BCUT2D eigenvalue weighted by atomic mass is 9.90. The summed E-state index contributed by atoms with van der Waals surface area (Å²) in [7, 11) is 0. The summed E-state index contributed by atoms with van der Waals surface area (Å²) >= 11 is 0. The zero-order valence-electron chi connectivity index (χ0n) is 30.7. The summed E-state index contributed by atoms with van der Waals surface area (Å²) in [5.74, 6) is 0.173. The molecule has 55 heavy (non-hydrogen) atoms. The first kappa shape index (κ1) is 38.4. The van der Waals surface area contributed by atoms with E-state index in [4.69, 9.17) is 13.9 Å². The number of alkyl halides is 3. The molecule has 2 aromatic heterocycles. The highest BCUT2D eigenvalue weighted by molar-refractivity contribution is 5.82. The van der Waals surface area contributed by atoms with E-state index in [0.717, 1.165) is 11.1 Å². The molecule has 0 aliphatic carbocycles. The van der Waals surface area contributed by atoms with E-state index in [-0.39, 0.29) is 45.0 Å². The van der Waals surface area contributed by atoms with E-state index >= 15 is 0 Å². The first-order valence-electron chi connectivity index (χ1n) is 18.5. The molecule has 2 aromatic carbocycles. The largest absolute Gasteiger partial charge is 0.490 e. The van der Waals surface area contributed by atoms with E-state index in [1.54, 1.807) is 16.0 Å². The molecule has 2 saturated heterocycles. The fourth-order valence-corrected chi connectivity index (χ4v) is 7.95. The van der Waals surface area contributed by atoms with E-state index < -0.39 is 54.6 Å². The van der Waals surface area contributed by atoms with Gasteiger partial charge in [-0.25, -0.2) is 0 Å². The standard InChI is InChI=1S/C40H45F3N6O6/c1-39(2)49(36-31-10-6-7-11-34(31)53-24-35(36)55-39)38(52)27(18-28-20-44-14-15-45-28)19-29(50)21-48-17-16-47(23-32(48)37(51)46-25-40(41,42)43)22-30-12-13-33(54-30)26-8-4-3-5-9-26/h3-15,20,27,29,32,35-36,50H,16-19,21-25H2,1-2H3,(H,46,51)/t27-,29+,32+,35-,36+/m1/s1. The molecule has 292 valence electrons. The minimum absolute atomic E-state index is 0.0106. The van der Waals surface area contributed by atoms with Gasteiger partial charge in [0.2, 0.25) is 11.8 Å². The van der Waals surface area contributed by atoms with Crippen LogP contribution in [0, 0.1) is 5.92 Å². The number of amides is 2. The second kappa shape index (κ2) is 16.1. The van der Waals surface area contributed by atoms with Crippen molar-refractivity contribution in [2.24, 2.45) is 5.92 Å². The maximum absolute atomic E-state index is 14.8. The van der Waals surface area contributed by atoms with Gasteiger partial charge in [-0.05, 0) is 38.5 Å². The van der Waals surface area contributed by atoms with E-state index in [1.165, 1.54) is 12.4 Å². The number of hydrogen-bond acceptors (Lipinski definition) is 10. The minimum atomic E-state index is -4.60. The van der Waals surface area contributed by atoms with Gasteiger partial charge in [0, 0.05) is 68.2 Å². The lowest BCUT2D eigenvalue weighted by molar-refractivity contribution is -0.153. The molecule has 2 N–H and O–H groups in total. The topological polar surface area (TPSA) is 134 Å². The van der Waals surface area contributed by atoms with Crippen molar-refractivity contribution in [3.8, 4) is 17.1 Å². The van der Waals surface area contributed by atoms with Gasteiger partial charge < -0.3 is 29.2 Å². The molecule has 5 atom stereocenters. The number of rotatable bonds is 12. The molecule has 2 amide bonds. The molecule has 0 unspecified atom stereocenters. The maximum atomic E-state index is 14.8. The van der Waals surface area contributed by atoms with Crippen molar-refractivity contribution < 1.29 is 41.8 Å². The van der Waals surface area contributed by atoms with Crippen molar-refractivity contribution in [1.29, 1.82) is 0 Å². The maximum Gasteiger partial charge on any atom is 0.405 e. The monoisotopic (exact) mass is 762 g/mol. The van der Waals surface area contributed by atoms with Crippen LogP contribution in [-0.4, -0.2) is 111 Å². The predicted octanol–water partition coefficient (Wildman–Crippen LogP) is 4.61. The average Bonchev–Trinajstić information content (AvgIpc) is 3.75. The molecule has 15 heteroatoms. The Bertz CT molecular complexity index is 1930. The number of hydrogen-bond donors (Lipinski definition) is 2. The van der Waals surface area contributed by atoms with Crippen molar-refractivity contribution in [3.05, 3.63) is 102 Å². The van der Waals surface area contributed by atoms with Crippen LogP contribution in [-0.2, 0) is 27.3 Å². The molecular weight excluding hydrogens is 717 g/mol. The molecule has 3 aliphatic rings. The number of ether oxygens (including phenoxy) is 2.